The van der Waals surface area contributed by atoms with Gasteiger partial charge < -0.3 is 5.73 Å². The van der Waals surface area contributed by atoms with E-state index in [1.807, 2.05) is 6.07 Å². The molecule has 0 aliphatic heterocycles. The summed E-state index contributed by atoms with van der Waals surface area (Å²) in [5, 5.41) is 0. The van der Waals surface area contributed by atoms with Gasteiger partial charge in [-0.3, -0.25) is 4.90 Å². The van der Waals surface area contributed by atoms with Gasteiger partial charge in [0.15, 0.2) is 0 Å². The van der Waals surface area contributed by atoms with Crippen LogP contribution in [0.1, 0.15) is 31.2 Å². The highest BCUT2D eigenvalue weighted by Crippen LogP contribution is 2.25. The molecule has 1 aromatic carbocycles. The molecule has 1 aromatic rings. The van der Waals surface area contributed by atoms with Crippen LogP contribution < -0.4 is 5.73 Å². The van der Waals surface area contributed by atoms with Crippen molar-refractivity contribution in [1.82, 2.24) is 4.90 Å². The predicted molar refractivity (Wildman–Crippen MR) is 75.8 cm³/mol. The maximum absolute atomic E-state index is 13.4. The molecular weight excluding hydrogens is 295 g/mol. The van der Waals surface area contributed by atoms with Crippen molar-refractivity contribution in [3.8, 4) is 0 Å². The van der Waals surface area contributed by atoms with Gasteiger partial charge in [-0.05, 0) is 36.6 Å². The van der Waals surface area contributed by atoms with Crippen molar-refractivity contribution in [1.29, 1.82) is 0 Å². The van der Waals surface area contributed by atoms with Gasteiger partial charge in [0.05, 0.1) is 0 Å². The summed E-state index contributed by atoms with van der Waals surface area (Å²) in [5.74, 6) is -0.182. The first-order chi connectivity index (χ1) is 8.69. The lowest BCUT2D eigenvalue weighted by atomic mass is 10.1. The topological polar surface area (TPSA) is 29.3 Å². The van der Waals surface area contributed by atoms with Crippen molar-refractivity contribution in [2.75, 3.05) is 13.1 Å². The Bertz CT molecular complexity index is 371. The molecule has 1 aliphatic carbocycles. The molecule has 0 atom stereocenters. The van der Waals surface area contributed by atoms with Crippen LogP contribution in [0.2, 0.25) is 0 Å². The fraction of sp³-hybridized carbons (Fsp3) is 0.571. The van der Waals surface area contributed by atoms with E-state index in [2.05, 4.69) is 20.8 Å². The fourth-order valence-electron chi connectivity index (χ4n) is 2.76. The molecule has 0 bridgehead atoms. The minimum Gasteiger partial charge on any atom is -0.329 e. The van der Waals surface area contributed by atoms with Gasteiger partial charge in [0.2, 0.25) is 0 Å². The van der Waals surface area contributed by atoms with E-state index < -0.39 is 0 Å². The molecule has 0 heterocycles. The summed E-state index contributed by atoms with van der Waals surface area (Å²) in [6.07, 6.45) is 5.10. The fourth-order valence-corrected chi connectivity index (χ4v) is 3.28. The summed E-state index contributed by atoms with van der Waals surface area (Å²) >= 11 is 3.34. The summed E-state index contributed by atoms with van der Waals surface area (Å²) in [4.78, 5) is 2.40. The van der Waals surface area contributed by atoms with Crippen molar-refractivity contribution in [2.45, 2.75) is 38.3 Å². The second kappa shape index (κ2) is 6.64. The van der Waals surface area contributed by atoms with Crippen molar-refractivity contribution >= 4 is 15.9 Å². The van der Waals surface area contributed by atoms with Crippen molar-refractivity contribution in [3.05, 3.63) is 34.1 Å². The summed E-state index contributed by atoms with van der Waals surface area (Å²) < 4.78 is 14.2. The molecule has 2 rings (SSSR count). The molecule has 18 heavy (non-hydrogen) atoms. The summed E-state index contributed by atoms with van der Waals surface area (Å²) in [7, 11) is 0. The lowest BCUT2D eigenvalue weighted by Gasteiger charge is -2.28. The van der Waals surface area contributed by atoms with Crippen LogP contribution in [-0.2, 0) is 6.54 Å². The predicted octanol–water partition coefficient (Wildman–Crippen LogP) is 3.29. The molecule has 0 spiro atoms. The van der Waals surface area contributed by atoms with Crippen LogP contribution in [0.4, 0.5) is 4.39 Å². The molecule has 0 aromatic heterocycles. The van der Waals surface area contributed by atoms with Crippen LogP contribution in [0.15, 0.2) is 22.7 Å². The smallest absolute Gasteiger partial charge is 0.124 e. The third kappa shape index (κ3) is 3.77. The van der Waals surface area contributed by atoms with Gasteiger partial charge in [0.25, 0.3) is 0 Å². The highest BCUT2D eigenvalue weighted by Gasteiger charge is 2.22. The van der Waals surface area contributed by atoms with E-state index in [4.69, 9.17) is 5.73 Å². The third-order valence-electron chi connectivity index (χ3n) is 3.57. The second-order valence-corrected chi connectivity index (χ2v) is 5.89. The monoisotopic (exact) mass is 314 g/mol. The highest BCUT2D eigenvalue weighted by molar-refractivity contribution is 9.10. The van der Waals surface area contributed by atoms with E-state index in [0.717, 1.165) is 23.1 Å². The SMILES string of the molecule is NCCN(Cc1cc(F)cc(Br)c1)C1CCCC1. The van der Waals surface area contributed by atoms with Crippen LogP contribution in [0.5, 0.6) is 0 Å². The molecule has 1 fully saturated rings. The minimum atomic E-state index is -0.182. The quantitative estimate of drug-likeness (QED) is 0.903. The zero-order chi connectivity index (χ0) is 13.0. The number of nitrogens with zero attached hydrogens (tertiary/aromatic N) is 1. The number of hydrogen-bond donors (Lipinski definition) is 1. The number of halogens is 2. The summed E-state index contributed by atoms with van der Waals surface area (Å²) in [5.41, 5.74) is 6.70. The maximum atomic E-state index is 13.4. The Morgan fingerprint density at radius 3 is 2.61 bits per heavy atom. The molecule has 2 nitrogen and oxygen atoms in total. The van der Waals surface area contributed by atoms with Gasteiger partial charge in [-0.2, -0.15) is 0 Å². The number of hydrogen-bond acceptors (Lipinski definition) is 2. The van der Waals surface area contributed by atoms with E-state index in [0.29, 0.717) is 12.6 Å². The normalized spacial score (nSPS) is 16.7. The Kier molecular flexibility index (Phi) is 5.15. The van der Waals surface area contributed by atoms with E-state index in [-0.39, 0.29) is 5.82 Å². The van der Waals surface area contributed by atoms with Crippen LogP contribution >= 0.6 is 15.9 Å². The lowest BCUT2D eigenvalue weighted by molar-refractivity contribution is 0.195. The average molecular weight is 315 g/mol. The minimum absolute atomic E-state index is 0.182. The Hall–Kier alpha value is -0.450. The van der Waals surface area contributed by atoms with E-state index in [1.165, 1.54) is 31.7 Å². The van der Waals surface area contributed by atoms with Gasteiger partial charge >= 0.3 is 0 Å². The number of nitrogens with two attached hydrogens (primary N) is 1. The molecule has 1 aliphatic rings. The Morgan fingerprint density at radius 2 is 2.00 bits per heavy atom. The molecule has 4 heteroatoms. The van der Waals surface area contributed by atoms with Gasteiger partial charge in [-0.1, -0.05) is 28.8 Å². The summed E-state index contributed by atoms with van der Waals surface area (Å²) in [6, 6.07) is 5.72. The number of benzene rings is 1. The maximum Gasteiger partial charge on any atom is 0.124 e. The first kappa shape index (κ1) is 14.0. The first-order valence-electron chi connectivity index (χ1n) is 6.58. The molecule has 0 unspecified atom stereocenters. The average Bonchev–Trinajstić information content (AvgIpc) is 2.80. The first-order valence-corrected chi connectivity index (χ1v) is 7.37. The van der Waals surface area contributed by atoms with Gasteiger partial charge in [0, 0.05) is 30.1 Å². The van der Waals surface area contributed by atoms with E-state index in [9.17, 15) is 4.39 Å². The van der Waals surface area contributed by atoms with Crippen LogP contribution in [0, 0.1) is 5.82 Å². The van der Waals surface area contributed by atoms with Crippen molar-refractivity contribution in [3.63, 3.8) is 0 Å². The molecular formula is C14H20BrFN2. The molecule has 100 valence electrons. The van der Waals surface area contributed by atoms with Gasteiger partial charge in [-0.15, -0.1) is 0 Å². The molecule has 2 N–H and O–H groups in total. The number of rotatable bonds is 5. The molecule has 0 amide bonds. The Balaban J connectivity index is 2.07. The van der Waals surface area contributed by atoms with Crippen molar-refractivity contribution in [2.24, 2.45) is 5.73 Å². The highest BCUT2D eigenvalue weighted by atomic mass is 79.9. The molecule has 0 saturated heterocycles. The molecule has 1 saturated carbocycles. The molecule has 0 radical (unpaired) electrons. The third-order valence-corrected chi connectivity index (χ3v) is 4.02. The van der Waals surface area contributed by atoms with Gasteiger partial charge in [0.1, 0.15) is 5.82 Å². The van der Waals surface area contributed by atoms with Crippen LogP contribution in [0.3, 0.4) is 0 Å². The second-order valence-electron chi connectivity index (χ2n) is 4.98. The van der Waals surface area contributed by atoms with E-state index in [1.54, 1.807) is 6.07 Å². The van der Waals surface area contributed by atoms with Gasteiger partial charge in [-0.25, -0.2) is 4.39 Å². The largest absolute Gasteiger partial charge is 0.329 e. The lowest BCUT2D eigenvalue weighted by Crippen LogP contribution is -2.36. The summed E-state index contributed by atoms with van der Waals surface area (Å²) in [6.45, 7) is 2.34. The van der Waals surface area contributed by atoms with Crippen molar-refractivity contribution < 1.29 is 4.39 Å². The zero-order valence-corrected chi connectivity index (χ0v) is 12.1. The zero-order valence-electron chi connectivity index (χ0n) is 10.5. The van der Waals surface area contributed by atoms with Crippen LogP contribution in [0.25, 0.3) is 0 Å². The Morgan fingerprint density at radius 1 is 1.28 bits per heavy atom. The Labute approximate surface area is 116 Å². The van der Waals surface area contributed by atoms with E-state index >= 15 is 0 Å². The van der Waals surface area contributed by atoms with Crippen LogP contribution in [-0.4, -0.2) is 24.0 Å². The standard InChI is InChI=1S/C14H20BrFN2/c15-12-7-11(8-13(16)9-12)10-18(6-5-17)14-3-1-2-4-14/h7-9,14H,1-6,10,17H2.